The number of rotatable bonds is 16. The monoisotopic (exact) mass is 686 g/mol. The van der Waals surface area contributed by atoms with Gasteiger partial charge < -0.3 is 0 Å². The van der Waals surface area contributed by atoms with Gasteiger partial charge in [-0.2, -0.15) is 0 Å². The van der Waals surface area contributed by atoms with Crippen LogP contribution in [-0.2, 0) is 33.3 Å². The summed E-state index contributed by atoms with van der Waals surface area (Å²) in [6, 6.07) is 4.08. The first-order chi connectivity index (χ1) is 19.6. The number of hydrogen-bond acceptors (Lipinski definition) is 9. The van der Waals surface area contributed by atoms with E-state index in [1.807, 2.05) is 6.07 Å². The van der Waals surface area contributed by atoms with Gasteiger partial charge in [0.05, 0.1) is 0 Å². The molecule has 10 heteroatoms. The Kier molecular flexibility index (Phi) is 14.8. The van der Waals surface area contributed by atoms with E-state index in [1.165, 1.54) is 56.9 Å². The van der Waals surface area contributed by atoms with Crippen LogP contribution in [0.1, 0.15) is 91.7 Å². The molecular weight excluding hydrogens is 635 g/mol. The van der Waals surface area contributed by atoms with E-state index in [9.17, 15) is 14.4 Å². The van der Waals surface area contributed by atoms with E-state index in [1.54, 1.807) is 14.2 Å². The van der Waals surface area contributed by atoms with E-state index in [4.69, 9.17) is 28.4 Å². The first-order valence-electron chi connectivity index (χ1n) is 15.0. The van der Waals surface area contributed by atoms with Gasteiger partial charge >= 0.3 is 250 Å². The van der Waals surface area contributed by atoms with Gasteiger partial charge in [0, 0.05) is 0 Å². The molecule has 1 saturated heterocycles. The van der Waals surface area contributed by atoms with Crippen LogP contribution >= 0.6 is 0 Å². The minimum absolute atomic E-state index is 0.0557. The van der Waals surface area contributed by atoms with Gasteiger partial charge in [-0.15, -0.1) is 0 Å². The van der Waals surface area contributed by atoms with E-state index in [2.05, 4.69) is 26.8 Å². The summed E-state index contributed by atoms with van der Waals surface area (Å²) in [5.74, 6) is -0.320. The van der Waals surface area contributed by atoms with E-state index < -0.39 is 60.7 Å². The molecule has 1 aromatic carbocycles. The third-order valence-corrected chi connectivity index (χ3v) is 23.4. The Morgan fingerprint density at radius 2 is 1.24 bits per heavy atom. The predicted octanol–water partition coefficient (Wildman–Crippen LogP) is 5.63. The molecule has 0 amide bonds. The normalized spacial score (nSPS) is 20.7. The molecule has 9 nitrogen and oxygen atoms in total. The van der Waals surface area contributed by atoms with Crippen LogP contribution in [0.2, 0.25) is 13.3 Å². The SMILES string of the molecule is CCC[CH2][Sn]([CH2]CCC)([CH2]CCC)[c]1cc(OC)c([C@@H]2OC[C@@H](OC(C)=O)[C@H](OC(C)=O)[C@H]2OC(C)=O)cc1OC. The van der Waals surface area contributed by atoms with Crippen molar-refractivity contribution in [3.8, 4) is 11.5 Å². The second-order valence-corrected chi connectivity index (χ2v) is 24.1. The summed E-state index contributed by atoms with van der Waals surface area (Å²) < 4.78 is 40.0. The molecule has 1 aliphatic heterocycles. The van der Waals surface area contributed by atoms with Gasteiger partial charge in [-0.25, -0.2) is 0 Å². The molecule has 2 rings (SSSR count). The fraction of sp³-hybridized carbons (Fsp3) is 0.710. The molecule has 0 radical (unpaired) electrons. The molecule has 1 aliphatic rings. The van der Waals surface area contributed by atoms with Crippen molar-refractivity contribution in [2.24, 2.45) is 0 Å². The summed E-state index contributed by atoms with van der Waals surface area (Å²) in [5, 5.41) is 0. The van der Waals surface area contributed by atoms with Crippen molar-refractivity contribution < 1.29 is 42.8 Å². The van der Waals surface area contributed by atoms with E-state index >= 15 is 0 Å². The van der Waals surface area contributed by atoms with E-state index in [-0.39, 0.29) is 6.61 Å². The molecular formula is C31H50O9Sn. The van der Waals surface area contributed by atoms with Gasteiger partial charge in [0.2, 0.25) is 0 Å². The van der Waals surface area contributed by atoms with Gasteiger partial charge in [-0.3, -0.25) is 0 Å². The van der Waals surface area contributed by atoms with Crippen molar-refractivity contribution in [1.29, 1.82) is 0 Å². The van der Waals surface area contributed by atoms with Crippen molar-refractivity contribution >= 4 is 39.9 Å². The summed E-state index contributed by atoms with van der Waals surface area (Å²) in [4.78, 5) is 36.1. The quantitative estimate of drug-likeness (QED) is 0.125. The molecule has 0 saturated carbocycles. The Morgan fingerprint density at radius 1 is 0.756 bits per heavy atom. The Bertz CT molecular complexity index is 990. The average Bonchev–Trinajstić information content (AvgIpc) is 2.93. The summed E-state index contributed by atoms with van der Waals surface area (Å²) in [6.07, 6.45) is 3.10. The Hall–Kier alpha value is -2.01. The average molecular weight is 685 g/mol. The van der Waals surface area contributed by atoms with Crippen LogP contribution < -0.4 is 13.1 Å². The number of unbranched alkanes of at least 4 members (excludes halogenated alkanes) is 3. The number of carbonyl (C=O) groups is 3. The molecule has 1 fully saturated rings. The molecule has 0 unspecified atom stereocenters. The molecule has 232 valence electrons. The maximum atomic E-state index is 12.2. The van der Waals surface area contributed by atoms with Crippen LogP contribution in [0.15, 0.2) is 12.1 Å². The van der Waals surface area contributed by atoms with Crippen molar-refractivity contribution in [2.75, 3.05) is 20.8 Å². The second kappa shape index (κ2) is 17.2. The molecule has 1 heterocycles. The van der Waals surface area contributed by atoms with Crippen LogP contribution in [0, 0.1) is 0 Å². The number of methoxy groups -OCH3 is 2. The molecule has 0 aromatic heterocycles. The van der Waals surface area contributed by atoms with Crippen LogP contribution in [0.4, 0.5) is 0 Å². The molecule has 0 bridgehead atoms. The summed E-state index contributed by atoms with van der Waals surface area (Å²) >= 11 is -2.96. The van der Waals surface area contributed by atoms with Gasteiger partial charge in [-0.1, -0.05) is 0 Å². The predicted molar refractivity (Wildman–Crippen MR) is 159 cm³/mol. The van der Waals surface area contributed by atoms with Crippen molar-refractivity contribution in [1.82, 2.24) is 0 Å². The van der Waals surface area contributed by atoms with Crippen LogP contribution in [0.25, 0.3) is 0 Å². The molecule has 4 atom stereocenters. The zero-order valence-corrected chi connectivity index (χ0v) is 29.1. The molecule has 41 heavy (non-hydrogen) atoms. The minimum atomic E-state index is -2.96. The third kappa shape index (κ3) is 9.49. The topological polar surface area (TPSA) is 107 Å². The molecule has 0 N–H and O–H groups in total. The zero-order valence-electron chi connectivity index (χ0n) is 26.2. The summed E-state index contributed by atoms with van der Waals surface area (Å²) in [6.45, 7) is 10.5. The number of esters is 3. The van der Waals surface area contributed by atoms with Crippen LogP contribution in [0.5, 0.6) is 11.5 Å². The number of carbonyl (C=O) groups excluding carboxylic acids is 3. The second-order valence-electron chi connectivity index (χ2n) is 10.9. The third-order valence-electron chi connectivity index (χ3n) is 7.81. The van der Waals surface area contributed by atoms with Crippen molar-refractivity contribution in [3.63, 3.8) is 0 Å². The number of hydrogen-bond donors (Lipinski definition) is 0. The fourth-order valence-electron chi connectivity index (χ4n) is 5.89. The Labute approximate surface area is 249 Å². The van der Waals surface area contributed by atoms with E-state index in [0.717, 1.165) is 25.0 Å². The molecule has 1 aromatic rings. The van der Waals surface area contributed by atoms with E-state index in [0.29, 0.717) is 11.3 Å². The van der Waals surface area contributed by atoms with Gasteiger partial charge in [0.1, 0.15) is 0 Å². The Balaban J connectivity index is 2.72. The molecule has 0 aliphatic carbocycles. The van der Waals surface area contributed by atoms with Crippen LogP contribution in [0.3, 0.4) is 0 Å². The first kappa shape index (κ1) is 35.2. The van der Waals surface area contributed by atoms with Gasteiger partial charge in [0.25, 0.3) is 0 Å². The van der Waals surface area contributed by atoms with Crippen LogP contribution in [-0.4, -0.2) is 75.4 Å². The van der Waals surface area contributed by atoms with Crippen molar-refractivity contribution in [3.05, 3.63) is 17.7 Å². The summed E-state index contributed by atoms with van der Waals surface area (Å²) in [5.41, 5.74) is 0.624. The fourth-order valence-corrected chi connectivity index (χ4v) is 22.4. The van der Waals surface area contributed by atoms with Crippen molar-refractivity contribution in [2.45, 2.75) is 118 Å². The first-order valence-corrected chi connectivity index (χ1v) is 22.4. The number of ether oxygens (including phenoxy) is 6. The standard InChI is InChI=1S/C19H23O9.3C4H9.Sn/c1-10(20)26-16-9-25-17(14-8-13(23-4)6-7-15(14)24-5)19(28-12(3)22)18(16)27-11(2)21;3*1-3-4-2;/h7-8,16-19H,9H2,1-5H3;3*1,3-4H2,2H3;/t16-,17+,18+,19+;;;;/m1..../s1. The zero-order chi connectivity index (χ0) is 30.6. The molecule has 0 spiro atoms. The summed E-state index contributed by atoms with van der Waals surface area (Å²) in [7, 11) is 3.31. The Morgan fingerprint density at radius 3 is 1.68 bits per heavy atom. The number of benzene rings is 1. The maximum absolute atomic E-state index is 12.2. The van der Waals surface area contributed by atoms with Gasteiger partial charge in [-0.05, 0) is 0 Å². The van der Waals surface area contributed by atoms with Gasteiger partial charge in [0.15, 0.2) is 0 Å².